The summed E-state index contributed by atoms with van der Waals surface area (Å²) in [5, 5.41) is 0.789. The zero-order valence-electron chi connectivity index (χ0n) is 23.0. The summed E-state index contributed by atoms with van der Waals surface area (Å²) in [6.07, 6.45) is 1.66. The highest BCUT2D eigenvalue weighted by Gasteiger charge is 2.35. The van der Waals surface area contributed by atoms with Crippen LogP contribution in [0.4, 0.5) is 0 Å². The molecule has 0 radical (unpaired) electrons. The van der Waals surface area contributed by atoms with Crippen molar-refractivity contribution >= 4 is 52.3 Å². The lowest BCUT2D eigenvalue weighted by Gasteiger charge is -2.26. The second-order valence-electron chi connectivity index (χ2n) is 9.51. The lowest BCUT2D eigenvalue weighted by molar-refractivity contribution is -0.138. The van der Waals surface area contributed by atoms with Gasteiger partial charge in [-0.25, -0.2) is 9.79 Å². The average molecular weight is 632 g/mol. The molecule has 0 saturated heterocycles. The van der Waals surface area contributed by atoms with Crippen molar-refractivity contribution in [2.75, 3.05) is 13.7 Å². The van der Waals surface area contributed by atoms with Gasteiger partial charge in [-0.3, -0.25) is 9.36 Å². The monoisotopic (exact) mass is 630 g/mol. The molecular weight excluding hydrogens is 607 g/mol. The maximum absolute atomic E-state index is 14.1. The summed E-state index contributed by atoms with van der Waals surface area (Å²) in [5.74, 6) is 0.990. The minimum Gasteiger partial charge on any atom is -0.497 e. The van der Waals surface area contributed by atoms with Gasteiger partial charge in [0.1, 0.15) is 17.3 Å². The molecule has 1 aliphatic heterocycles. The van der Waals surface area contributed by atoms with Crippen molar-refractivity contribution in [2.24, 2.45) is 4.99 Å². The van der Waals surface area contributed by atoms with Gasteiger partial charge in [0.05, 0.1) is 45.6 Å². The number of hydrogen-bond acceptors (Lipinski definition) is 7. The Balaban J connectivity index is 1.57. The van der Waals surface area contributed by atoms with Gasteiger partial charge in [0, 0.05) is 17.2 Å². The molecule has 3 heterocycles. The molecule has 0 N–H and O–H groups in total. The van der Waals surface area contributed by atoms with E-state index in [9.17, 15) is 9.59 Å². The summed E-state index contributed by atoms with van der Waals surface area (Å²) in [6.45, 7) is 1.90. The third kappa shape index (κ3) is 5.45. The van der Waals surface area contributed by atoms with Gasteiger partial charge in [-0.1, -0.05) is 83.1 Å². The number of rotatable bonds is 7. The molecule has 1 unspecified atom stereocenters. The number of aromatic nitrogens is 1. The molecule has 216 valence electrons. The number of esters is 1. The summed E-state index contributed by atoms with van der Waals surface area (Å²) in [5.41, 5.74) is 2.41. The summed E-state index contributed by atoms with van der Waals surface area (Å²) in [4.78, 5) is 33.0. The maximum Gasteiger partial charge on any atom is 0.338 e. The molecule has 3 aromatic carbocycles. The van der Waals surface area contributed by atoms with E-state index in [0.717, 1.165) is 5.56 Å². The van der Waals surface area contributed by atoms with Gasteiger partial charge in [0.25, 0.3) is 5.56 Å². The summed E-state index contributed by atoms with van der Waals surface area (Å²) in [7, 11) is 1.57. The van der Waals surface area contributed by atoms with Crippen LogP contribution in [0, 0.1) is 0 Å². The topological polar surface area (TPSA) is 83.0 Å². The van der Waals surface area contributed by atoms with Crippen LogP contribution in [0.3, 0.4) is 0 Å². The first-order valence-corrected chi connectivity index (χ1v) is 14.9. The van der Waals surface area contributed by atoms with E-state index in [2.05, 4.69) is 0 Å². The van der Waals surface area contributed by atoms with Gasteiger partial charge < -0.3 is 13.9 Å². The molecule has 1 aliphatic rings. The third-order valence-corrected chi connectivity index (χ3v) is 8.70. The molecule has 0 spiro atoms. The number of methoxy groups -OCH3 is 1. The van der Waals surface area contributed by atoms with Crippen LogP contribution in [0.2, 0.25) is 10.0 Å². The average Bonchev–Trinajstić information content (AvgIpc) is 3.62. The van der Waals surface area contributed by atoms with Crippen molar-refractivity contribution in [1.82, 2.24) is 4.57 Å². The van der Waals surface area contributed by atoms with E-state index in [0.29, 0.717) is 53.5 Å². The number of benzene rings is 3. The van der Waals surface area contributed by atoms with Crippen LogP contribution in [-0.4, -0.2) is 24.3 Å². The number of carbonyl (C=O) groups is 1. The molecule has 7 nitrogen and oxygen atoms in total. The zero-order chi connectivity index (χ0) is 30.1. The molecule has 0 bridgehead atoms. The SMILES string of the molecule is CCOC(=O)C1=C(c2ccccc2)N=c2s/c(=C\c3ccc(-c4cccc(Cl)c4Cl)o3)c(=O)n2C1c1cccc(OC)c1. The van der Waals surface area contributed by atoms with Gasteiger partial charge in [-0.2, -0.15) is 0 Å². The Morgan fingerprint density at radius 1 is 1.05 bits per heavy atom. The van der Waals surface area contributed by atoms with Gasteiger partial charge in [0.2, 0.25) is 0 Å². The van der Waals surface area contributed by atoms with Crippen molar-refractivity contribution in [2.45, 2.75) is 13.0 Å². The van der Waals surface area contributed by atoms with E-state index in [1.807, 2.05) is 48.5 Å². The molecule has 43 heavy (non-hydrogen) atoms. The van der Waals surface area contributed by atoms with Gasteiger partial charge >= 0.3 is 5.97 Å². The first-order valence-electron chi connectivity index (χ1n) is 13.4. The van der Waals surface area contributed by atoms with Crippen molar-refractivity contribution in [1.29, 1.82) is 0 Å². The number of hydrogen-bond donors (Lipinski definition) is 0. The molecule has 0 aliphatic carbocycles. The van der Waals surface area contributed by atoms with Gasteiger partial charge in [-0.05, 0) is 48.9 Å². The Labute approximate surface area is 260 Å². The third-order valence-electron chi connectivity index (χ3n) is 6.90. The number of carbonyl (C=O) groups excluding carboxylic acids is 1. The van der Waals surface area contributed by atoms with Crippen LogP contribution in [0.15, 0.2) is 105 Å². The second kappa shape index (κ2) is 12.1. The van der Waals surface area contributed by atoms with Crippen molar-refractivity contribution in [3.63, 3.8) is 0 Å². The van der Waals surface area contributed by atoms with Crippen molar-refractivity contribution in [3.8, 4) is 17.1 Å². The minimum absolute atomic E-state index is 0.164. The van der Waals surface area contributed by atoms with Crippen LogP contribution in [0.25, 0.3) is 23.1 Å². The lowest BCUT2D eigenvalue weighted by Crippen LogP contribution is -2.40. The summed E-state index contributed by atoms with van der Waals surface area (Å²) in [6, 6.07) is 24.7. The van der Waals surface area contributed by atoms with Crippen molar-refractivity contribution in [3.05, 3.63) is 137 Å². The van der Waals surface area contributed by atoms with Crippen LogP contribution in [-0.2, 0) is 9.53 Å². The highest BCUT2D eigenvalue weighted by atomic mass is 35.5. The number of furan rings is 1. The molecule has 2 aromatic heterocycles. The lowest BCUT2D eigenvalue weighted by atomic mass is 9.93. The highest BCUT2D eigenvalue weighted by Crippen LogP contribution is 2.37. The molecule has 10 heteroatoms. The second-order valence-corrected chi connectivity index (χ2v) is 11.3. The predicted molar refractivity (Wildman–Crippen MR) is 168 cm³/mol. The zero-order valence-corrected chi connectivity index (χ0v) is 25.4. The molecular formula is C33H24Cl2N2O5S. The van der Waals surface area contributed by atoms with E-state index in [-0.39, 0.29) is 17.7 Å². The number of thiazole rings is 1. The number of ether oxygens (including phenoxy) is 2. The summed E-state index contributed by atoms with van der Waals surface area (Å²) < 4.78 is 19.0. The molecule has 0 saturated carbocycles. The van der Waals surface area contributed by atoms with E-state index in [1.54, 1.807) is 56.5 Å². The Bertz CT molecular complexity index is 2060. The minimum atomic E-state index is -0.819. The van der Waals surface area contributed by atoms with E-state index in [1.165, 1.54) is 15.9 Å². The Morgan fingerprint density at radius 3 is 2.60 bits per heavy atom. The summed E-state index contributed by atoms with van der Waals surface area (Å²) >= 11 is 13.8. The van der Waals surface area contributed by atoms with Crippen LogP contribution in [0.5, 0.6) is 5.75 Å². The Kier molecular flexibility index (Phi) is 8.08. The maximum atomic E-state index is 14.1. The largest absolute Gasteiger partial charge is 0.497 e. The fourth-order valence-electron chi connectivity index (χ4n) is 4.97. The predicted octanol–water partition coefficient (Wildman–Crippen LogP) is 6.51. The quantitative estimate of drug-likeness (QED) is 0.191. The normalized spacial score (nSPS) is 14.8. The molecule has 0 fully saturated rings. The van der Waals surface area contributed by atoms with Gasteiger partial charge in [-0.15, -0.1) is 0 Å². The van der Waals surface area contributed by atoms with Crippen LogP contribution in [0.1, 0.15) is 29.9 Å². The smallest absolute Gasteiger partial charge is 0.338 e. The first-order chi connectivity index (χ1) is 20.9. The molecule has 5 aromatic rings. The van der Waals surface area contributed by atoms with Crippen molar-refractivity contribution < 1.29 is 18.7 Å². The number of halogens is 2. The van der Waals surface area contributed by atoms with Crippen LogP contribution < -0.4 is 19.6 Å². The van der Waals surface area contributed by atoms with E-state index in [4.69, 9.17) is 42.1 Å². The van der Waals surface area contributed by atoms with Gasteiger partial charge in [0.15, 0.2) is 4.80 Å². The fourth-order valence-corrected chi connectivity index (χ4v) is 6.34. The Morgan fingerprint density at radius 2 is 1.84 bits per heavy atom. The molecule has 6 rings (SSSR count). The van der Waals surface area contributed by atoms with E-state index >= 15 is 0 Å². The first kappa shape index (κ1) is 28.7. The van der Waals surface area contributed by atoms with E-state index < -0.39 is 12.0 Å². The van der Waals surface area contributed by atoms with Crippen LogP contribution >= 0.6 is 34.5 Å². The fraction of sp³-hybridized carbons (Fsp3) is 0.121. The standard InChI is InChI=1S/C33H24Cl2N2O5S/c1-3-41-32(39)27-29(19-9-5-4-6-10-19)36-33-37(30(27)20-11-7-12-21(17-20)40-2)31(38)26(43-33)18-22-15-16-25(42-22)23-13-8-14-24(34)28(23)35/h4-18,30H,3H2,1-2H3/b26-18-. The Hall–Kier alpha value is -4.37. The number of nitrogens with zero attached hydrogens (tertiary/aromatic N) is 2. The number of fused-ring (bicyclic) bond motifs is 1. The highest BCUT2D eigenvalue weighted by molar-refractivity contribution is 7.07. The molecule has 0 amide bonds. The molecule has 1 atom stereocenters.